The lowest BCUT2D eigenvalue weighted by molar-refractivity contribution is -0.137. The summed E-state index contributed by atoms with van der Waals surface area (Å²) in [6.07, 6.45) is -1.65. The maximum absolute atomic E-state index is 12.5. The van der Waals surface area contributed by atoms with Gasteiger partial charge in [0.25, 0.3) is 0 Å². The van der Waals surface area contributed by atoms with Crippen LogP contribution in [0.25, 0.3) is 0 Å². The second-order valence-corrected chi connectivity index (χ2v) is 6.32. The minimum Gasteiger partial charge on any atom is -0.476 e. The van der Waals surface area contributed by atoms with Crippen LogP contribution in [-0.2, 0) is 12.7 Å². The molecule has 0 fully saturated rings. The van der Waals surface area contributed by atoms with Gasteiger partial charge in [-0.05, 0) is 18.9 Å². The minimum atomic E-state index is -4.41. The zero-order chi connectivity index (χ0) is 21.3. The van der Waals surface area contributed by atoms with Crippen LogP contribution in [0, 0.1) is 0 Å². The highest BCUT2D eigenvalue weighted by molar-refractivity contribution is 14.0. The number of hydrogen-bond acceptors (Lipinski definition) is 5. The summed E-state index contributed by atoms with van der Waals surface area (Å²) in [7, 11) is 1.63. The van der Waals surface area contributed by atoms with E-state index >= 15 is 0 Å². The number of aromatic nitrogens is 2. The Balaban J connectivity index is 0.00000450. The predicted octanol–water partition coefficient (Wildman–Crippen LogP) is 4.35. The summed E-state index contributed by atoms with van der Waals surface area (Å²) >= 11 is 0. The Morgan fingerprint density at radius 1 is 1.23 bits per heavy atom. The monoisotopic (exact) mass is 541 g/mol. The lowest BCUT2D eigenvalue weighted by Crippen LogP contribution is -2.38. The molecule has 11 heteroatoms. The first-order valence-electron chi connectivity index (χ1n) is 9.43. The van der Waals surface area contributed by atoms with E-state index in [1.54, 1.807) is 7.05 Å². The zero-order valence-electron chi connectivity index (χ0n) is 17.1. The molecule has 2 rings (SSSR count). The number of ether oxygens (including phenoxy) is 1. The molecule has 0 aromatic carbocycles. The predicted molar refractivity (Wildman–Crippen MR) is 118 cm³/mol. The van der Waals surface area contributed by atoms with Crippen molar-refractivity contribution < 1.29 is 22.4 Å². The van der Waals surface area contributed by atoms with E-state index in [0.29, 0.717) is 30.7 Å². The maximum atomic E-state index is 12.5. The summed E-state index contributed by atoms with van der Waals surface area (Å²) < 4.78 is 48.2. The smallest absolute Gasteiger partial charge is 0.417 e. The van der Waals surface area contributed by atoms with Crippen LogP contribution in [0.15, 0.2) is 33.9 Å². The van der Waals surface area contributed by atoms with Crippen molar-refractivity contribution in [3.63, 3.8) is 0 Å². The molecule has 0 aliphatic rings. The molecule has 0 saturated carbocycles. The number of guanidine groups is 1. The van der Waals surface area contributed by atoms with Gasteiger partial charge in [0.2, 0.25) is 5.88 Å². The third kappa shape index (κ3) is 8.00. The zero-order valence-corrected chi connectivity index (χ0v) is 19.5. The molecule has 0 bridgehead atoms. The molecule has 2 aromatic heterocycles. The largest absolute Gasteiger partial charge is 0.476 e. The molecular formula is C19H27F3IN5O2. The fourth-order valence-electron chi connectivity index (χ4n) is 2.66. The molecule has 168 valence electrons. The van der Waals surface area contributed by atoms with Gasteiger partial charge in [-0.25, -0.2) is 4.98 Å². The molecular weight excluding hydrogens is 514 g/mol. The van der Waals surface area contributed by atoms with Crippen molar-refractivity contribution in [2.24, 2.45) is 4.99 Å². The van der Waals surface area contributed by atoms with E-state index in [2.05, 4.69) is 39.6 Å². The van der Waals surface area contributed by atoms with Gasteiger partial charge in [0.15, 0.2) is 11.7 Å². The SMILES string of the molecule is CCC(CC)c1cc(CNC(=NC)NCCOc2ccc(C(F)(F)F)cn2)on1.I. The standard InChI is InChI=1S/C19H26F3N5O2.HI/c1-4-13(5-2)16-10-15(29-27-16)12-26-18(23-3)24-8-9-28-17-7-6-14(11-25-17)19(20,21)22;/h6-7,10-11,13H,4-5,8-9,12H2,1-3H3,(H2,23,24,26);1H. The summed E-state index contributed by atoms with van der Waals surface area (Å²) in [4.78, 5) is 7.75. The molecule has 2 aromatic rings. The Morgan fingerprint density at radius 3 is 2.53 bits per heavy atom. The Morgan fingerprint density at radius 2 is 1.97 bits per heavy atom. The molecule has 0 spiro atoms. The molecule has 0 aliphatic carbocycles. The van der Waals surface area contributed by atoms with E-state index in [1.165, 1.54) is 6.07 Å². The maximum Gasteiger partial charge on any atom is 0.417 e. The first kappa shape index (κ1) is 26.0. The first-order chi connectivity index (χ1) is 13.9. The van der Waals surface area contributed by atoms with Crippen LogP contribution in [0.2, 0.25) is 0 Å². The van der Waals surface area contributed by atoms with Crippen LogP contribution in [0.3, 0.4) is 0 Å². The van der Waals surface area contributed by atoms with Crippen molar-refractivity contribution >= 4 is 29.9 Å². The summed E-state index contributed by atoms with van der Waals surface area (Å²) in [5.41, 5.74) is 0.138. The molecule has 0 amide bonds. The van der Waals surface area contributed by atoms with Gasteiger partial charge in [0.1, 0.15) is 6.61 Å². The van der Waals surface area contributed by atoms with E-state index in [9.17, 15) is 13.2 Å². The normalized spacial score (nSPS) is 11.9. The molecule has 0 atom stereocenters. The van der Waals surface area contributed by atoms with Gasteiger partial charge in [-0.3, -0.25) is 4.99 Å². The van der Waals surface area contributed by atoms with Crippen molar-refractivity contribution in [1.82, 2.24) is 20.8 Å². The van der Waals surface area contributed by atoms with Crippen molar-refractivity contribution in [3.05, 3.63) is 41.4 Å². The highest BCUT2D eigenvalue weighted by atomic mass is 127. The van der Waals surface area contributed by atoms with Crippen LogP contribution in [0.1, 0.15) is 49.6 Å². The molecule has 0 radical (unpaired) electrons. The quantitative estimate of drug-likeness (QED) is 0.213. The summed E-state index contributed by atoms with van der Waals surface area (Å²) in [6, 6.07) is 4.07. The lowest BCUT2D eigenvalue weighted by Gasteiger charge is -2.11. The summed E-state index contributed by atoms with van der Waals surface area (Å²) in [5, 5.41) is 10.3. The Bertz CT molecular complexity index is 777. The average molecular weight is 541 g/mol. The van der Waals surface area contributed by atoms with Crippen LogP contribution >= 0.6 is 24.0 Å². The topological polar surface area (TPSA) is 84.6 Å². The first-order valence-corrected chi connectivity index (χ1v) is 9.43. The van der Waals surface area contributed by atoms with Gasteiger partial charge in [0, 0.05) is 31.3 Å². The van der Waals surface area contributed by atoms with Crippen molar-refractivity contribution in [3.8, 4) is 5.88 Å². The molecule has 0 saturated heterocycles. The fraction of sp³-hybridized carbons (Fsp3) is 0.526. The number of alkyl halides is 3. The summed E-state index contributed by atoms with van der Waals surface area (Å²) in [6.45, 7) is 5.26. The van der Waals surface area contributed by atoms with Crippen LogP contribution in [-0.4, -0.2) is 36.3 Å². The highest BCUT2D eigenvalue weighted by Gasteiger charge is 2.30. The van der Waals surface area contributed by atoms with E-state index < -0.39 is 11.7 Å². The number of pyridine rings is 1. The Kier molecular flexibility index (Phi) is 10.9. The van der Waals surface area contributed by atoms with Crippen LogP contribution in [0.5, 0.6) is 5.88 Å². The van der Waals surface area contributed by atoms with Gasteiger partial charge in [0.05, 0.1) is 24.3 Å². The molecule has 7 nitrogen and oxygen atoms in total. The molecule has 2 N–H and O–H groups in total. The molecule has 0 aliphatic heterocycles. The van der Waals surface area contributed by atoms with Gasteiger partial charge in [-0.1, -0.05) is 19.0 Å². The van der Waals surface area contributed by atoms with E-state index in [0.717, 1.165) is 30.8 Å². The second-order valence-electron chi connectivity index (χ2n) is 6.32. The van der Waals surface area contributed by atoms with Gasteiger partial charge >= 0.3 is 6.18 Å². The number of hydrogen-bond donors (Lipinski definition) is 2. The Labute approximate surface area is 190 Å². The van der Waals surface area contributed by atoms with E-state index in [-0.39, 0.29) is 36.5 Å². The Hall–Kier alpha value is -2.05. The number of aliphatic imine (C=N–C) groups is 1. The number of halogens is 4. The third-order valence-electron chi connectivity index (χ3n) is 4.34. The van der Waals surface area contributed by atoms with E-state index in [1.807, 2.05) is 6.07 Å². The second kappa shape index (κ2) is 12.6. The van der Waals surface area contributed by atoms with Crippen molar-refractivity contribution in [1.29, 1.82) is 0 Å². The van der Waals surface area contributed by atoms with Crippen LogP contribution in [0.4, 0.5) is 13.2 Å². The lowest BCUT2D eigenvalue weighted by atomic mass is 9.99. The van der Waals surface area contributed by atoms with Gasteiger partial charge in [-0.15, -0.1) is 24.0 Å². The van der Waals surface area contributed by atoms with E-state index in [4.69, 9.17) is 9.26 Å². The number of nitrogens with zero attached hydrogens (tertiary/aromatic N) is 3. The molecule has 2 heterocycles. The molecule has 0 unspecified atom stereocenters. The van der Waals surface area contributed by atoms with Crippen LogP contribution < -0.4 is 15.4 Å². The fourth-order valence-corrected chi connectivity index (χ4v) is 2.66. The summed E-state index contributed by atoms with van der Waals surface area (Å²) in [5.74, 6) is 1.76. The van der Waals surface area contributed by atoms with Crippen molar-refractivity contribution in [2.75, 3.05) is 20.2 Å². The van der Waals surface area contributed by atoms with Gasteiger partial charge in [-0.2, -0.15) is 13.2 Å². The number of nitrogens with one attached hydrogen (secondary N) is 2. The minimum absolute atomic E-state index is 0. The molecule has 30 heavy (non-hydrogen) atoms. The highest BCUT2D eigenvalue weighted by Crippen LogP contribution is 2.29. The van der Waals surface area contributed by atoms with Gasteiger partial charge < -0.3 is 19.9 Å². The average Bonchev–Trinajstić information content (AvgIpc) is 3.17. The third-order valence-corrected chi connectivity index (χ3v) is 4.34. The number of rotatable bonds is 9. The van der Waals surface area contributed by atoms with Crippen molar-refractivity contribution in [2.45, 2.75) is 45.3 Å².